The molecule has 0 aliphatic carbocycles. The van der Waals surface area contributed by atoms with Crippen LogP contribution in [0.1, 0.15) is 265 Å². The molecule has 6 nitrogen and oxygen atoms in total. The summed E-state index contributed by atoms with van der Waals surface area (Å²) in [7, 11) is 0. The Balaban J connectivity index is 4.53. The fourth-order valence-corrected chi connectivity index (χ4v) is 7.78. The maximum atomic E-state index is 12.8. The normalized spacial score (nSPS) is 12.9. The smallest absolute Gasteiger partial charge is 0.306 e. The molecule has 0 aliphatic heterocycles. The summed E-state index contributed by atoms with van der Waals surface area (Å²) >= 11 is 0. The van der Waals surface area contributed by atoms with E-state index in [2.05, 4.69) is 124 Å². The van der Waals surface area contributed by atoms with Gasteiger partial charge < -0.3 is 14.2 Å². The van der Waals surface area contributed by atoms with Crippen LogP contribution in [0.25, 0.3) is 0 Å². The predicted octanol–water partition coefficient (Wildman–Crippen LogP) is 19.9. The number of esters is 3. The van der Waals surface area contributed by atoms with Crippen LogP contribution < -0.4 is 0 Å². The van der Waals surface area contributed by atoms with Gasteiger partial charge in [-0.2, -0.15) is 0 Å². The van der Waals surface area contributed by atoms with Crippen molar-refractivity contribution in [2.75, 3.05) is 13.2 Å². The van der Waals surface area contributed by atoms with Gasteiger partial charge in [-0.25, -0.2) is 0 Å². The van der Waals surface area contributed by atoms with Crippen LogP contribution in [0.4, 0.5) is 0 Å². The van der Waals surface area contributed by atoms with Crippen LogP contribution in [0.5, 0.6) is 0 Å². The van der Waals surface area contributed by atoms with Crippen LogP contribution in [0, 0.1) is 0 Å². The summed E-state index contributed by atoms with van der Waals surface area (Å²) in [6.45, 7) is 6.49. The van der Waals surface area contributed by atoms with E-state index in [9.17, 15) is 14.4 Å². The molecule has 71 heavy (non-hydrogen) atoms. The van der Waals surface area contributed by atoms with Gasteiger partial charge >= 0.3 is 17.9 Å². The molecular weight excluding hydrogens is 877 g/mol. The van der Waals surface area contributed by atoms with Crippen LogP contribution in [0.2, 0.25) is 0 Å². The van der Waals surface area contributed by atoms with Gasteiger partial charge in [0.25, 0.3) is 0 Å². The Morgan fingerprint density at radius 3 is 0.944 bits per heavy atom. The van der Waals surface area contributed by atoms with E-state index in [1.807, 2.05) is 6.08 Å². The highest BCUT2D eigenvalue weighted by atomic mass is 16.6. The summed E-state index contributed by atoms with van der Waals surface area (Å²) in [5, 5.41) is 0. The molecule has 0 N–H and O–H groups in total. The van der Waals surface area contributed by atoms with Crippen molar-refractivity contribution in [3.63, 3.8) is 0 Å². The molecule has 0 saturated carbocycles. The molecule has 0 aromatic carbocycles. The quantitative estimate of drug-likeness (QED) is 0.0261. The number of carbonyl (C=O) groups excluding carboxylic acids is 3. The maximum Gasteiger partial charge on any atom is 0.306 e. The van der Waals surface area contributed by atoms with E-state index in [0.29, 0.717) is 19.3 Å². The Labute approximate surface area is 438 Å². The van der Waals surface area contributed by atoms with E-state index < -0.39 is 6.10 Å². The first kappa shape index (κ1) is 67.1. The molecule has 0 rings (SSSR count). The molecule has 0 unspecified atom stereocenters. The van der Waals surface area contributed by atoms with Crippen molar-refractivity contribution in [1.29, 1.82) is 0 Å². The number of hydrogen-bond acceptors (Lipinski definition) is 6. The highest BCUT2D eigenvalue weighted by Crippen LogP contribution is 2.14. The average Bonchev–Trinajstić information content (AvgIpc) is 3.37. The zero-order valence-electron chi connectivity index (χ0n) is 46.2. The second kappa shape index (κ2) is 58.6. The maximum absolute atomic E-state index is 12.8. The number of unbranched alkanes of at least 4 members (excludes halogenated alkanes) is 23. The van der Waals surface area contributed by atoms with Gasteiger partial charge in [-0.3, -0.25) is 14.4 Å². The first-order valence-corrected chi connectivity index (χ1v) is 29.4. The molecule has 0 aliphatic rings. The van der Waals surface area contributed by atoms with Gasteiger partial charge in [0, 0.05) is 19.3 Å². The van der Waals surface area contributed by atoms with E-state index in [1.165, 1.54) is 141 Å². The minimum Gasteiger partial charge on any atom is -0.462 e. The third-order valence-corrected chi connectivity index (χ3v) is 12.2. The number of hydrogen-bond donors (Lipinski definition) is 0. The Hall–Kier alpha value is -3.93. The molecule has 404 valence electrons. The summed E-state index contributed by atoms with van der Waals surface area (Å²) in [5.41, 5.74) is 0. The zero-order valence-corrected chi connectivity index (χ0v) is 46.2. The summed E-state index contributed by atoms with van der Waals surface area (Å²) in [4.78, 5) is 38.1. The van der Waals surface area contributed by atoms with E-state index in [4.69, 9.17) is 14.2 Å². The molecule has 0 spiro atoms. The summed E-state index contributed by atoms with van der Waals surface area (Å²) < 4.78 is 16.8. The van der Waals surface area contributed by atoms with Crippen molar-refractivity contribution in [3.05, 3.63) is 109 Å². The second-order valence-electron chi connectivity index (χ2n) is 19.2. The van der Waals surface area contributed by atoms with Crippen LogP contribution in [0.15, 0.2) is 109 Å². The second-order valence-corrected chi connectivity index (χ2v) is 19.2. The topological polar surface area (TPSA) is 78.9 Å². The fraction of sp³-hybridized carbons (Fsp3) is 0.677. The Morgan fingerprint density at radius 2 is 0.535 bits per heavy atom. The van der Waals surface area contributed by atoms with E-state index in [0.717, 1.165) is 70.6 Å². The highest BCUT2D eigenvalue weighted by molar-refractivity contribution is 5.71. The monoisotopic (exact) mass is 985 g/mol. The van der Waals surface area contributed by atoms with E-state index in [1.54, 1.807) is 0 Å². The lowest BCUT2D eigenvalue weighted by atomic mass is 10.1. The highest BCUT2D eigenvalue weighted by Gasteiger charge is 2.19. The summed E-state index contributed by atoms with van der Waals surface area (Å²) in [6.07, 6.45) is 79.5. The first-order valence-electron chi connectivity index (χ1n) is 29.4. The molecule has 0 radical (unpaired) electrons. The van der Waals surface area contributed by atoms with Gasteiger partial charge in [-0.05, 0) is 122 Å². The first-order chi connectivity index (χ1) is 35.0. The Morgan fingerprint density at radius 1 is 0.282 bits per heavy atom. The van der Waals surface area contributed by atoms with Gasteiger partial charge in [-0.1, -0.05) is 233 Å². The molecule has 0 amide bonds. The SMILES string of the molecule is CCCCC/C=C\C/C=C\C/C=C\C/C=C\C/C=C\CCC(=O)OC[C@H](COC(=O)CCCCCCCCCCC/C=C\CCCCCCCC)OC(=O)CCCC/C=C\C/C=C\C/C=C\CCCCC. The molecule has 1 atom stereocenters. The van der Waals surface area contributed by atoms with Gasteiger partial charge in [-0.15, -0.1) is 0 Å². The van der Waals surface area contributed by atoms with Crippen molar-refractivity contribution in [1.82, 2.24) is 0 Å². The number of rotatable bonds is 52. The van der Waals surface area contributed by atoms with Crippen molar-refractivity contribution in [2.24, 2.45) is 0 Å². The summed E-state index contributed by atoms with van der Waals surface area (Å²) in [6, 6.07) is 0. The van der Waals surface area contributed by atoms with Crippen molar-refractivity contribution in [3.8, 4) is 0 Å². The average molecular weight is 986 g/mol. The van der Waals surface area contributed by atoms with Crippen LogP contribution in [0.3, 0.4) is 0 Å². The van der Waals surface area contributed by atoms with Crippen molar-refractivity contribution in [2.45, 2.75) is 271 Å². The molecular formula is C65H108O6. The lowest BCUT2D eigenvalue weighted by Gasteiger charge is -2.18. The number of allylic oxidation sites excluding steroid dienone is 18. The van der Waals surface area contributed by atoms with Gasteiger partial charge in [0.2, 0.25) is 0 Å². The summed E-state index contributed by atoms with van der Waals surface area (Å²) in [5.74, 6) is -1.04. The Bertz CT molecular complexity index is 1460. The molecule has 0 bridgehead atoms. The molecule has 0 fully saturated rings. The minimum absolute atomic E-state index is 0.118. The number of ether oxygens (including phenoxy) is 3. The lowest BCUT2D eigenvalue weighted by molar-refractivity contribution is -0.166. The van der Waals surface area contributed by atoms with Crippen LogP contribution >= 0.6 is 0 Å². The number of carbonyl (C=O) groups is 3. The molecule has 0 saturated heterocycles. The van der Waals surface area contributed by atoms with Gasteiger partial charge in [0.15, 0.2) is 6.10 Å². The predicted molar refractivity (Wildman–Crippen MR) is 307 cm³/mol. The van der Waals surface area contributed by atoms with Gasteiger partial charge in [0.1, 0.15) is 13.2 Å². The molecule has 0 aromatic heterocycles. The Kier molecular flexibility index (Phi) is 55.4. The van der Waals surface area contributed by atoms with Crippen LogP contribution in [-0.4, -0.2) is 37.2 Å². The largest absolute Gasteiger partial charge is 0.462 e. The molecule has 6 heteroatoms. The van der Waals surface area contributed by atoms with Crippen molar-refractivity contribution >= 4 is 17.9 Å². The zero-order chi connectivity index (χ0) is 51.4. The van der Waals surface area contributed by atoms with E-state index >= 15 is 0 Å². The standard InChI is InChI=1S/C65H108O6/c1-4-7-10-13-16-19-22-25-28-30-32-34-37-39-42-45-48-51-54-57-63(66)69-60-62(71-65(68)59-56-53-50-47-44-41-36-27-24-21-18-15-12-9-6-3)61-70-64(67)58-55-52-49-46-43-40-38-35-33-31-29-26-23-20-17-14-11-8-5-2/h16,18-19,21,25-29,32,34,36,39,42,44,47-48,51,62H,4-15,17,20,22-24,30-31,33,35,37-38,40-41,43,45-46,49-50,52-61H2,1-3H3/b19-16-,21-18-,28-25-,29-26-,34-32-,36-27-,42-39-,47-44-,51-48-/t62-/m1/s1. The third-order valence-electron chi connectivity index (χ3n) is 12.2. The van der Waals surface area contributed by atoms with E-state index in [-0.39, 0.29) is 44.0 Å². The lowest BCUT2D eigenvalue weighted by Crippen LogP contribution is -2.30. The molecule has 0 heterocycles. The third kappa shape index (κ3) is 56.9. The minimum atomic E-state index is -0.831. The van der Waals surface area contributed by atoms with Crippen LogP contribution in [-0.2, 0) is 28.6 Å². The van der Waals surface area contributed by atoms with Gasteiger partial charge in [0.05, 0.1) is 0 Å². The fourth-order valence-electron chi connectivity index (χ4n) is 7.78. The molecule has 0 aromatic rings. The van der Waals surface area contributed by atoms with Crippen molar-refractivity contribution < 1.29 is 28.6 Å².